The van der Waals surface area contributed by atoms with Gasteiger partial charge in [-0.1, -0.05) is 23.7 Å². The molecule has 1 aliphatic rings. The van der Waals surface area contributed by atoms with Crippen molar-refractivity contribution < 1.29 is 18.0 Å². The Kier molecular flexibility index (Phi) is 8.15. The van der Waals surface area contributed by atoms with E-state index in [9.17, 15) is 18.0 Å². The van der Waals surface area contributed by atoms with Crippen LogP contribution in [0, 0.1) is 0 Å². The molecule has 0 aromatic heterocycles. The number of carbonyl (C=O) groups is 2. The van der Waals surface area contributed by atoms with Gasteiger partial charge < -0.3 is 10.2 Å². The predicted molar refractivity (Wildman–Crippen MR) is 129 cm³/mol. The molecule has 0 spiro atoms. The Morgan fingerprint density at radius 1 is 1.09 bits per heavy atom. The molecule has 33 heavy (non-hydrogen) atoms. The van der Waals surface area contributed by atoms with Crippen LogP contribution in [0.5, 0.6) is 0 Å². The van der Waals surface area contributed by atoms with Crippen LogP contribution < -0.4 is 5.32 Å². The van der Waals surface area contributed by atoms with E-state index in [0.29, 0.717) is 29.1 Å². The van der Waals surface area contributed by atoms with Gasteiger partial charge in [-0.3, -0.25) is 9.59 Å². The summed E-state index contributed by atoms with van der Waals surface area (Å²) in [5.41, 5.74) is 1.21. The minimum Gasteiger partial charge on any atom is -0.355 e. The highest BCUT2D eigenvalue weighted by molar-refractivity contribution is 7.89. The number of benzene rings is 2. The monoisotopic (exact) mass is 491 g/mol. The molecule has 0 saturated carbocycles. The maximum Gasteiger partial charge on any atom is 0.253 e. The zero-order chi connectivity index (χ0) is 24.2. The molecule has 1 aliphatic heterocycles. The summed E-state index contributed by atoms with van der Waals surface area (Å²) >= 11 is 5.94. The van der Waals surface area contributed by atoms with Crippen molar-refractivity contribution in [3.63, 3.8) is 0 Å². The van der Waals surface area contributed by atoms with Crippen LogP contribution in [-0.4, -0.2) is 55.1 Å². The third-order valence-corrected chi connectivity index (χ3v) is 8.03. The Hall–Kier alpha value is -2.42. The zero-order valence-corrected chi connectivity index (χ0v) is 20.7. The average Bonchev–Trinajstić information content (AvgIpc) is 3.01. The second kappa shape index (κ2) is 10.7. The van der Waals surface area contributed by atoms with Gasteiger partial charge in [-0.25, -0.2) is 8.42 Å². The number of nitrogens with zero attached hydrogens (tertiary/aromatic N) is 2. The van der Waals surface area contributed by atoms with Crippen molar-refractivity contribution in [3.05, 3.63) is 64.7 Å². The van der Waals surface area contributed by atoms with E-state index in [1.54, 1.807) is 36.2 Å². The van der Waals surface area contributed by atoms with Crippen LogP contribution in [0.1, 0.15) is 49.0 Å². The third kappa shape index (κ3) is 5.93. The first kappa shape index (κ1) is 25.2. The summed E-state index contributed by atoms with van der Waals surface area (Å²) in [7, 11) is -2.24. The molecule has 0 aliphatic carbocycles. The van der Waals surface area contributed by atoms with Crippen LogP contribution in [0.25, 0.3) is 0 Å². The number of hydrogen-bond acceptors (Lipinski definition) is 4. The molecule has 0 bridgehead atoms. The fourth-order valence-corrected chi connectivity index (χ4v) is 5.41. The van der Waals surface area contributed by atoms with Crippen LogP contribution in [0.3, 0.4) is 0 Å². The summed E-state index contributed by atoms with van der Waals surface area (Å²) in [5.74, 6) is -0.402. The van der Waals surface area contributed by atoms with Gasteiger partial charge in [0.2, 0.25) is 15.9 Å². The molecule has 178 valence electrons. The van der Waals surface area contributed by atoms with Crippen LogP contribution in [0.4, 0.5) is 0 Å². The molecule has 2 aromatic rings. The lowest BCUT2D eigenvalue weighted by Gasteiger charge is -2.29. The molecule has 9 heteroatoms. The van der Waals surface area contributed by atoms with Crippen LogP contribution in [0.2, 0.25) is 5.02 Å². The van der Waals surface area contributed by atoms with Gasteiger partial charge in [0.25, 0.3) is 5.91 Å². The second-order valence-electron chi connectivity index (χ2n) is 8.51. The van der Waals surface area contributed by atoms with Gasteiger partial charge in [-0.15, -0.1) is 0 Å². The van der Waals surface area contributed by atoms with Gasteiger partial charge in [-0.2, -0.15) is 4.31 Å². The van der Waals surface area contributed by atoms with Gasteiger partial charge >= 0.3 is 0 Å². The van der Waals surface area contributed by atoms with Gasteiger partial charge in [0.1, 0.15) is 6.04 Å². The van der Waals surface area contributed by atoms with Crippen molar-refractivity contribution in [2.75, 3.05) is 13.6 Å². The highest BCUT2D eigenvalue weighted by Gasteiger charge is 2.36. The van der Waals surface area contributed by atoms with Crippen molar-refractivity contribution >= 4 is 33.4 Å². The molecule has 7 nitrogen and oxygen atoms in total. The fraction of sp³-hybridized carbons (Fsp3) is 0.417. The topological polar surface area (TPSA) is 86.8 Å². The van der Waals surface area contributed by atoms with Crippen LogP contribution in [-0.2, 0) is 21.4 Å². The molecule has 1 saturated heterocycles. The highest BCUT2D eigenvalue weighted by atomic mass is 35.5. The van der Waals surface area contributed by atoms with Gasteiger partial charge in [-0.05, 0) is 75.1 Å². The Bertz CT molecular complexity index is 1090. The van der Waals surface area contributed by atoms with E-state index in [0.717, 1.165) is 12.8 Å². The second-order valence-corrected chi connectivity index (χ2v) is 10.8. The summed E-state index contributed by atoms with van der Waals surface area (Å²) < 4.78 is 28.4. The SMILES string of the molecule is CC(C)N(C)C(=O)c1ccc(CN([C@@H]2CCCCNC2=O)S(=O)(=O)c2ccc(Cl)cc2)cc1. The van der Waals surface area contributed by atoms with E-state index in [1.807, 2.05) is 13.8 Å². The molecule has 2 aromatic carbocycles. The van der Waals surface area contributed by atoms with Crippen molar-refractivity contribution in [3.8, 4) is 0 Å². The lowest BCUT2D eigenvalue weighted by atomic mass is 10.1. The third-order valence-electron chi connectivity index (χ3n) is 5.91. The number of halogens is 1. The van der Waals surface area contributed by atoms with Crippen molar-refractivity contribution in [1.29, 1.82) is 0 Å². The predicted octanol–water partition coefficient (Wildman–Crippen LogP) is 3.68. The Labute approximate surface area is 200 Å². The normalized spacial score (nSPS) is 17.0. The van der Waals surface area contributed by atoms with Gasteiger partial charge in [0.15, 0.2) is 0 Å². The minimum atomic E-state index is -3.98. The zero-order valence-electron chi connectivity index (χ0n) is 19.1. The van der Waals surface area contributed by atoms with Crippen molar-refractivity contribution in [2.45, 2.75) is 56.6 Å². The summed E-state index contributed by atoms with van der Waals surface area (Å²) in [6, 6.07) is 12.0. The molecule has 1 atom stereocenters. The number of hydrogen-bond donors (Lipinski definition) is 1. The quantitative estimate of drug-likeness (QED) is 0.640. The fourth-order valence-electron chi connectivity index (χ4n) is 3.67. The lowest BCUT2D eigenvalue weighted by Crippen LogP contribution is -2.48. The number of amides is 2. The summed E-state index contributed by atoms with van der Waals surface area (Å²) in [6.07, 6.45) is 1.98. The van der Waals surface area contributed by atoms with Crippen molar-refractivity contribution in [2.24, 2.45) is 0 Å². The first-order valence-electron chi connectivity index (χ1n) is 11.0. The lowest BCUT2D eigenvalue weighted by molar-refractivity contribution is -0.124. The summed E-state index contributed by atoms with van der Waals surface area (Å²) in [5, 5.41) is 3.25. The maximum absolute atomic E-state index is 13.6. The molecule has 2 amide bonds. The molecule has 0 unspecified atom stereocenters. The van der Waals surface area contributed by atoms with Crippen LogP contribution in [0.15, 0.2) is 53.4 Å². The first-order chi connectivity index (χ1) is 15.6. The van der Waals surface area contributed by atoms with E-state index >= 15 is 0 Å². The number of nitrogens with one attached hydrogen (secondary N) is 1. The number of carbonyl (C=O) groups excluding carboxylic acids is 2. The van der Waals surface area contributed by atoms with Gasteiger partial charge in [0.05, 0.1) is 4.90 Å². The van der Waals surface area contributed by atoms with E-state index < -0.39 is 16.1 Å². The smallest absolute Gasteiger partial charge is 0.253 e. The Morgan fingerprint density at radius 3 is 2.33 bits per heavy atom. The minimum absolute atomic E-state index is 0.0114. The average molecular weight is 492 g/mol. The molecule has 0 radical (unpaired) electrons. The van der Waals surface area contributed by atoms with Crippen molar-refractivity contribution in [1.82, 2.24) is 14.5 Å². The standard InChI is InChI=1S/C24H30ClN3O4S/c1-17(2)27(3)24(30)19-9-7-18(8-10-19)16-28(22-6-4-5-15-26-23(22)29)33(31,32)21-13-11-20(25)12-14-21/h7-14,17,22H,4-6,15-16H2,1-3H3,(H,26,29)/t22-/m1/s1. The van der Waals surface area contributed by atoms with Gasteiger partial charge in [0, 0.05) is 36.8 Å². The maximum atomic E-state index is 13.6. The summed E-state index contributed by atoms with van der Waals surface area (Å²) in [4.78, 5) is 27.1. The van der Waals surface area contributed by atoms with E-state index in [1.165, 1.54) is 28.6 Å². The Balaban J connectivity index is 1.94. The van der Waals surface area contributed by atoms with E-state index in [2.05, 4.69) is 5.32 Å². The molecular formula is C24H30ClN3O4S. The number of sulfonamides is 1. The van der Waals surface area contributed by atoms with Crippen LogP contribution >= 0.6 is 11.6 Å². The molecule has 1 heterocycles. The van der Waals surface area contributed by atoms with E-state index in [-0.39, 0.29) is 29.3 Å². The molecule has 1 N–H and O–H groups in total. The molecule has 1 fully saturated rings. The molecule has 3 rings (SSSR count). The number of rotatable bonds is 7. The van der Waals surface area contributed by atoms with E-state index in [4.69, 9.17) is 11.6 Å². The summed E-state index contributed by atoms with van der Waals surface area (Å²) in [6.45, 7) is 4.41. The Morgan fingerprint density at radius 2 is 1.73 bits per heavy atom. The highest BCUT2D eigenvalue weighted by Crippen LogP contribution is 2.26. The largest absolute Gasteiger partial charge is 0.355 e. The molecular weight excluding hydrogens is 462 g/mol. The first-order valence-corrected chi connectivity index (χ1v) is 12.8.